The maximum atomic E-state index is 12.8. The van der Waals surface area contributed by atoms with Crippen LogP contribution >= 0.6 is 0 Å². The molecule has 1 aliphatic rings. The van der Waals surface area contributed by atoms with E-state index in [1.165, 1.54) is 0 Å². The van der Waals surface area contributed by atoms with Crippen molar-refractivity contribution in [3.63, 3.8) is 0 Å². The number of pyridine rings is 1. The minimum Gasteiger partial charge on any atom is -0.396 e. The van der Waals surface area contributed by atoms with E-state index in [0.29, 0.717) is 6.04 Å². The van der Waals surface area contributed by atoms with Gasteiger partial charge < -0.3 is 14.9 Å². The number of fused-ring (bicyclic) bond motifs is 1. The number of benzene rings is 1. The molecular weight excluding hydrogens is 314 g/mol. The second kappa shape index (κ2) is 7.93. The molecule has 0 atom stereocenters. The Balaban J connectivity index is 1.63. The van der Waals surface area contributed by atoms with E-state index < -0.39 is 0 Å². The van der Waals surface area contributed by atoms with Crippen molar-refractivity contribution in [2.45, 2.75) is 32.2 Å². The van der Waals surface area contributed by atoms with E-state index in [9.17, 15) is 4.79 Å². The van der Waals surface area contributed by atoms with Gasteiger partial charge in [0.15, 0.2) is 0 Å². The van der Waals surface area contributed by atoms with Crippen LogP contribution in [-0.4, -0.2) is 65.1 Å². The number of nitrogens with zero attached hydrogens (tertiary/aromatic N) is 3. The van der Waals surface area contributed by atoms with Gasteiger partial charge >= 0.3 is 0 Å². The second-order valence-electron chi connectivity index (χ2n) is 6.94. The third kappa shape index (κ3) is 4.17. The highest BCUT2D eigenvalue weighted by atomic mass is 16.3. The van der Waals surface area contributed by atoms with Crippen LogP contribution in [0.3, 0.4) is 0 Å². The van der Waals surface area contributed by atoms with Gasteiger partial charge in [-0.05, 0) is 57.5 Å². The molecule has 0 unspecified atom stereocenters. The molecule has 1 amide bonds. The summed E-state index contributed by atoms with van der Waals surface area (Å²) in [4.78, 5) is 21.6. The van der Waals surface area contributed by atoms with E-state index in [1.54, 1.807) is 0 Å². The lowest BCUT2D eigenvalue weighted by Crippen LogP contribution is -2.45. The maximum absolute atomic E-state index is 12.8. The van der Waals surface area contributed by atoms with Crippen molar-refractivity contribution in [3.05, 3.63) is 41.6 Å². The molecule has 0 saturated carbocycles. The van der Waals surface area contributed by atoms with Gasteiger partial charge in [0.2, 0.25) is 0 Å². The first-order chi connectivity index (χ1) is 12.1. The topological polar surface area (TPSA) is 56.7 Å². The molecule has 5 nitrogen and oxygen atoms in total. The predicted octanol–water partition coefficient (Wildman–Crippen LogP) is 2.46. The Hall–Kier alpha value is -1.98. The molecule has 25 heavy (non-hydrogen) atoms. The van der Waals surface area contributed by atoms with Gasteiger partial charge in [-0.3, -0.25) is 9.78 Å². The van der Waals surface area contributed by atoms with Crippen LogP contribution < -0.4 is 0 Å². The molecule has 2 heterocycles. The lowest BCUT2D eigenvalue weighted by atomic mass is 10.0. The van der Waals surface area contributed by atoms with Crippen LogP contribution in [0.25, 0.3) is 10.9 Å². The first-order valence-electron chi connectivity index (χ1n) is 9.06. The Bertz CT molecular complexity index is 739. The van der Waals surface area contributed by atoms with E-state index in [4.69, 9.17) is 5.11 Å². The standard InChI is InChI=1S/C20H27N3O2/c1-15-4-5-16-14-17(6-7-19(16)21-15)20(25)23-11-8-18(9-12-23)22(2)10-3-13-24/h4-7,14,18,24H,3,8-13H2,1-2H3. The van der Waals surface area contributed by atoms with Crippen LogP contribution in [0.15, 0.2) is 30.3 Å². The van der Waals surface area contributed by atoms with Crippen LogP contribution in [0.1, 0.15) is 35.3 Å². The number of aliphatic hydroxyl groups is 1. The zero-order valence-electron chi connectivity index (χ0n) is 15.1. The number of hydrogen-bond acceptors (Lipinski definition) is 4. The number of aromatic nitrogens is 1. The number of amides is 1. The fourth-order valence-corrected chi connectivity index (χ4v) is 3.56. The first-order valence-corrected chi connectivity index (χ1v) is 9.06. The molecule has 2 aromatic rings. The van der Waals surface area contributed by atoms with Gasteiger partial charge in [-0.25, -0.2) is 0 Å². The van der Waals surface area contributed by atoms with E-state index in [1.807, 2.05) is 42.2 Å². The van der Waals surface area contributed by atoms with Crippen molar-refractivity contribution in [2.75, 3.05) is 33.3 Å². The van der Waals surface area contributed by atoms with Gasteiger partial charge in [-0.15, -0.1) is 0 Å². The predicted molar refractivity (Wildman–Crippen MR) is 99.7 cm³/mol. The summed E-state index contributed by atoms with van der Waals surface area (Å²) in [5, 5.41) is 9.97. The third-order valence-electron chi connectivity index (χ3n) is 5.12. The molecule has 1 fully saturated rings. The number of piperidine rings is 1. The number of rotatable bonds is 5. The molecular formula is C20H27N3O2. The largest absolute Gasteiger partial charge is 0.396 e. The molecule has 0 radical (unpaired) electrons. The second-order valence-corrected chi connectivity index (χ2v) is 6.94. The molecule has 0 spiro atoms. The highest BCUT2D eigenvalue weighted by Gasteiger charge is 2.25. The van der Waals surface area contributed by atoms with Crippen molar-refractivity contribution >= 4 is 16.8 Å². The van der Waals surface area contributed by atoms with Gasteiger partial charge in [0.05, 0.1) is 5.52 Å². The number of aliphatic hydroxyl groups excluding tert-OH is 1. The quantitative estimate of drug-likeness (QED) is 0.908. The Morgan fingerprint density at radius 1 is 1.28 bits per heavy atom. The van der Waals surface area contributed by atoms with Crippen molar-refractivity contribution in [1.29, 1.82) is 0 Å². The summed E-state index contributed by atoms with van der Waals surface area (Å²) in [7, 11) is 2.11. The summed E-state index contributed by atoms with van der Waals surface area (Å²) in [6.07, 6.45) is 2.78. The van der Waals surface area contributed by atoms with Gasteiger partial charge in [-0.2, -0.15) is 0 Å². The fraction of sp³-hybridized carbons (Fsp3) is 0.500. The zero-order chi connectivity index (χ0) is 17.8. The summed E-state index contributed by atoms with van der Waals surface area (Å²) in [6.45, 7) is 4.69. The van der Waals surface area contributed by atoms with Crippen LogP contribution in [0, 0.1) is 6.92 Å². The zero-order valence-corrected chi connectivity index (χ0v) is 15.1. The van der Waals surface area contributed by atoms with Crippen LogP contribution in [-0.2, 0) is 0 Å². The molecule has 0 bridgehead atoms. The average Bonchev–Trinajstić information content (AvgIpc) is 2.65. The van der Waals surface area contributed by atoms with Gasteiger partial charge in [0.25, 0.3) is 5.91 Å². The summed E-state index contributed by atoms with van der Waals surface area (Å²) in [5.74, 6) is 0.110. The molecule has 1 saturated heterocycles. The molecule has 3 rings (SSSR count). The van der Waals surface area contributed by atoms with Crippen LogP contribution in [0.5, 0.6) is 0 Å². The van der Waals surface area contributed by atoms with E-state index in [-0.39, 0.29) is 12.5 Å². The van der Waals surface area contributed by atoms with E-state index in [2.05, 4.69) is 16.9 Å². The molecule has 1 aliphatic heterocycles. The van der Waals surface area contributed by atoms with Crippen molar-refractivity contribution < 1.29 is 9.90 Å². The highest BCUT2D eigenvalue weighted by molar-refractivity contribution is 5.98. The van der Waals surface area contributed by atoms with Crippen LogP contribution in [0.2, 0.25) is 0 Å². The smallest absolute Gasteiger partial charge is 0.253 e. The number of aryl methyl sites for hydroxylation is 1. The molecule has 5 heteroatoms. The average molecular weight is 341 g/mol. The summed E-state index contributed by atoms with van der Waals surface area (Å²) in [6, 6.07) is 10.3. The molecule has 1 N–H and O–H groups in total. The van der Waals surface area contributed by atoms with E-state index in [0.717, 1.165) is 61.1 Å². The Morgan fingerprint density at radius 2 is 2.04 bits per heavy atom. The Labute approximate surface area is 149 Å². The van der Waals surface area contributed by atoms with Gasteiger partial charge in [-0.1, -0.05) is 6.07 Å². The number of carbonyl (C=O) groups is 1. The molecule has 1 aromatic heterocycles. The molecule has 134 valence electrons. The van der Waals surface area contributed by atoms with E-state index >= 15 is 0 Å². The van der Waals surface area contributed by atoms with Crippen molar-refractivity contribution in [2.24, 2.45) is 0 Å². The normalized spacial score (nSPS) is 15.9. The summed E-state index contributed by atoms with van der Waals surface area (Å²) in [5.41, 5.74) is 2.66. The number of hydrogen-bond donors (Lipinski definition) is 1. The summed E-state index contributed by atoms with van der Waals surface area (Å²) >= 11 is 0. The lowest BCUT2D eigenvalue weighted by Gasteiger charge is -2.36. The number of likely N-dealkylation sites (tertiary alicyclic amines) is 1. The number of carbonyl (C=O) groups excluding carboxylic acids is 1. The van der Waals surface area contributed by atoms with Gasteiger partial charge in [0.1, 0.15) is 0 Å². The Morgan fingerprint density at radius 3 is 2.76 bits per heavy atom. The van der Waals surface area contributed by atoms with Crippen LogP contribution in [0.4, 0.5) is 0 Å². The van der Waals surface area contributed by atoms with Crippen molar-refractivity contribution in [1.82, 2.24) is 14.8 Å². The van der Waals surface area contributed by atoms with Gasteiger partial charge in [0, 0.05) is 48.9 Å². The summed E-state index contributed by atoms with van der Waals surface area (Å²) < 4.78 is 0. The monoisotopic (exact) mass is 341 g/mol. The highest BCUT2D eigenvalue weighted by Crippen LogP contribution is 2.20. The first kappa shape index (κ1) is 17.8. The Kier molecular flexibility index (Phi) is 5.66. The lowest BCUT2D eigenvalue weighted by molar-refractivity contribution is 0.0641. The minimum absolute atomic E-state index is 0.110. The third-order valence-corrected chi connectivity index (χ3v) is 5.12. The van der Waals surface area contributed by atoms with Crippen molar-refractivity contribution in [3.8, 4) is 0 Å². The molecule has 1 aromatic carbocycles. The SMILES string of the molecule is Cc1ccc2cc(C(=O)N3CCC(N(C)CCCO)CC3)ccc2n1. The fourth-order valence-electron chi connectivity index (χ4n) is 3.56. The minimum atomic E-state index is 0.110. The molecule has 0 aliphatic carbocycles. The maximum Gasteiger partial charge on any atom is 0.253 e.